The zero-order chi connectivity index (χ0) is 22.5. The number of hydrogen-bond donors (Lipinski definition) is 2. The number of amides is 1. The highest BCUT2D eigenvalue weighted by Gasteiger charge is 2.40. The van der Waals surface area contributed by atoms with Gasteiger partial charge in [-0.1, -0.05) is 37.3 Å². The van der Waals surface area contributed by atoms with Crippen molar-refractivity contribution < 1.29 is 9.53 Å². The number of fused-ring (bicyclic) bond motifs is 1. The SMILES string of the molecule is CCCN1CCC(N2C[C@H](NCc3c(OC)ccc4ccccc34)C[C@H]2C(=O)NC)CC1. The molecule has 0 radical (unpaired) electrons. The molecule has 174 valence electrons. The van der Waals surface area contributed by atoms with Crippen LogP contribution in [0.4, 0.5) is 0 Å². The fourth-order valence-corrected chi connectivity index (χ4v) is 5.56. The Labute approximate surface area is 192 Å². The zero-order valence-corrected chi connectivity index (χ0v) is 19.8. The largest absolute Gasteiger partial charge is 0.496 e. The lowest BCUT2D eigenvalue weighted by molar-refractivity contribution is -0.126. The van der Waals surface area contributed by atoms with Gasteiger partial charge in [-0.2, -0.15) is 0 Å². The summed E-state index contributed by atoms with van der Waals surface area (Å²) in [5, 5.41) is 9.11. The van der Waals surface area contributed by atoms with Crippen molar-refractivity contribution in [2.24, 2.45) is 0 Å². The molecule has 0 bridgehead atoms. The molecule has 1 amide bonds. The van der Waals surface area contributed by atoms with Crippen LogP contribution in [-0.2, 0) is 11.3 Å². The second-order valence-electron chi connectivity index (χ2n) is 9.18. The maximum atomic E-state index is 12.7. The third-order valence-electron chi connectivity index (χ3n) is 7.24. The molecule has 32 heavy (non-hydrogen) atoms. The predicted molar refractivity (Wildman–Crippen MR) is 130 cm³/mol. The number of rotatable bonds is 8. The summed E-state index contributed by atoms with van der Waals surface area (Å²) >= 11 is 0. The van der Waals surface area contributed by atoms with Gasteiger partial charge in [0.2, 0.25) is 5.91 Å². The third kappa shape index (κ3) is 4.92. The molecule has 2 aliphatic rings. The van der Waals surface area contributed by atoms with Gasteiger partial charge in [-0.3, -0.25) is 9.69 Å². The molecular weight excluding hydrogens is 400 g/mol. The van der Waals surface area contributed by atoms with Crippen molar-refractivity contribution in [1.82, 2.24) is 20.4 Å². The Morgan fingerprint density at radius 2 is 1.94 bits per heavy atom. The average molecular weight is 439 g/mol. The quantitative estimate of drug-likeness (QED) is 0.664. The number of likely N-dealkylation sites (tertiary alicyclic amines) is 2. The highest BCUT2D eigenvalue weighted by atomic mass is 16.5. The summed E-state index contributed by atoms with van der Waals surface area (Å²) in [6, 6.07) is 13.3. The standard InChI is InChI=1S/C26H38N4O2/c1-4-13-29-14-11-21(12-15-29)30-18-20(16-24(30)26(31)27-2)28-17-23-22-8-6-5-7-19(22)9-10-25(23)32-3/h5-10,20-21,24,28H,4,11-18H2,1-3H3,(H,27,31)/t20-,24+/m1/s1. The molecule has 6 heteroatoms. The van der Waals surface area contributed by atoms with Crippen LogP contribution in [0.2, 0.25) is 0 Å². The van der Waals surface area contributed by atoms with Crippen molar-refractivity contribution in [3.63, 3.8) is 0 Å². The molecule has 2 N–H and O–H groups in total. The topological polar surface area (TPSA) is 56.8 Å². The Balaban J connectivity index is 1.45. The van der Waals surface area contributed by atoms with Crippen LogP contribution in [0, 0.1) is 0 Å². The third-order valence-corrected chi connectivity index (χ3v) is 7.24. The Morgan fingerprint density at radius 3 is 2.66 bits per heavy atom. The lowest BCUT2D eigenvalue weighted by Crippen LogP contribution is -2.51. The van der Waals surface area contributed by atoms with Crippen molar-refractivity contribution in [2.75, 3.05) is 40.3 Å². The van der Waals surface area contributed by atoms with Crippen LogP contribution in [0.25, 0.3) is 10.8 Å². The first-order valence-electron chi connectivity index (χ1n) is 12.1. The molecule has 0 saturated carbocycles. The average Bonchev–Trinajstić information content (AvgIpc) is 3.27. The van der Waals surface area contributed by atoms with E-state index in [2.05, 4.69) is 63.8 Å². The van der Waals surface area contributed by atoms with Crippen LogP contribution in [-0.4, -0.2) is 74.2 Å². The highest BCUT2D eigenvalue weighted by molar-refractivity contribution is 5.87. The number of piperidine rings is 1. The lowest BCUT2D eigenvalue weighted by Gasteiger charge is -2.38. The Kier molecular flexibility index (Phi) is 7.66. The number of nitrogens with zero attached hydrogens (tertiary/aromatic N) is 2. The molecule has 2 heterocycles. The van der Waals surface area contributed by atoms with Gasteiger partial charge in [0.25, 0.3) is 0 Å². The number of hydrogen-bond acceptors (Lipinski definition) is 5. The summed E-state index contributed by atoms with van der Waals surface area (Å²) in [6.45, 7) is 7.36. The van der Waals surface area contributed by atoms with Gasteiger partial charge in [0.15, 0.2) is 0 Å². The van der Waals surface area contributed by atoms with E-state index < -0.39 is 0 Å². The maximum Gasteiger partial charge on any atom is 0.237 e. The molecule has 2 aromatic carbocycles. The summed E-state index contributed by atoms with van der Waals surface area (Å²) in [4.78, 5) is 17.7. The van der Waals surface area contributed by atoms with E-state index in [1.165, 1.54) is 29.3 Å². The molecule has 6 nitrogen and oxygen atoms in total. The normalized spacial score (nSPS) is 23.0. The summed E-state index contributed by atoms with van der Waals surface area (Å²) in [7, 11) is 3.49. The first-order valence-corrected chi connectivity index (χ1v) is 12.1. The van der Waals surface area contributed by atoms with E-state index in [-0.39, 0.29) is 18.0 Å². The Hall–Kier alpha value is -2.15. The smallest absolute Gasteiger partial charge is 0.237 e. The van der Waals surface area contributed by atoms with E-state index in [0.29, 0.717) is 6.04 Å². The van der Waals surface area contributed by atoms with Crippen LogP contribution in [0.3, 0.4) is 0 Å². The van der Waals surface area contributed by atoms with E-state index in [1.54, 1.807) is 14.2 Å². The lowest BCUT2D eigenvalue weighted by atomic mass is 10.0. The molecule has 0 aromatic heterocycles. The fourth-order valence-electron chi connectivity index (χ4n) is 5.56. The van der Waals surface area contributed by atoms with Crippen LogP contribution < -0.4 is 15.4 Å². The second-order valence-corrected chi connectivity index (χ2v) is 9.18. The summed E-state index contributed by atoms with van der Waals surface area (Å²) in [5.74, 6) is 1.06. The molecule has 4 rings (SSSR count). The van der Waals surface area contributed by atoms with E-state index >= 15 is 0 Å². The number of nitrogens with one attached hydrogen (secondary N) is 2. The molecule has 0 spiro atoms. The van der Waals surface area contributed by atoms with Gasteiger partial charge < -0.3 is 20.3 Å². The molecule has 2 saturated heterocycles. The molecule has 2 fully saturated rings. The van der Waals surface area contributed by atoms with Gasteiger partial charge in [-0.25, -0.2) is 0 Å². The molecule has 2 aromatic rings. The highest BCUT2D eigenvalue weighted by Crippen LogP contribution is 2.30. The Morgan fingerprint density at radius 1 is 1.16 bits per heavy atom. The molecule has 0 unspecified atom stereocenters. The summed E-state index contributed by atoms with van der Waals surface area (Å²) in [5.41, 5.74) is 1.19. The van der Waals surface area contributed by atoms with Gasteiger partial charge in [0, 0.05) is 37.8 Å². The van der Waals surface area contributed by atoms with Crippen LogP contribution >= 0.6 is 0 Å². The van der Waals surface area contributed by atoms with Crippen molar-refractivity contribution in [1.29, 1.82) is 0 Å². The second kappa shape index (κ2) is 10.6. The van der Waals surface area contributed by atoms with Crippen molar-refractivity contribution >= 4 is 16.7 Å². The van der Waals surface area contributed by atoms with Crippen molar-refractivity contribution in [2.45, 2.75) is 57.3 Å². The molecular formula is C26H38N4O2. The van der Waals surface area contributed by atoms with E-state index in [9.17, 15) is 4.79 Å². The van der Waals surface area contributed by atoms with Gasteiger partial charge in [-0.05, 0) is 62.2 Å². The van der Waals surface area contributed by atoms with Crippen molar-refractivity contribution in [3.8, 4) is 5.75 Å². The summed E-state index contributed by atoms with van der Waals surface area (Å²) in [6.07, 6.45) is 4.36. The number of benzene rings is 2. The maximum absolute atomic E-state index is 12.7. The van der Waals surface area contributed by atoms with E-state index in [1.807, 2.05) is 0 Å². The van der Waals surface area contributed by atoms with Gasteiger partial charge in [0.1, 0.15) is 5.75 Å². The van der Waals surface area contributed by atoms with Crippen LogP contribution in [0.15, 0.2) is 36.4 Å². The van der Waals surface area contributed by atoms with E-state index in [4.69, 9.17) is 4.74 Å². The minimum absolute atomic E-state index is 0.0466. The first-order chi connectivity index (χ1) is 15.6. The van der Waals surface area contributed by atoms with Gasteiger partial charge >= 0.3 is 0 Å². The van der Waals surface area contributed by atoms with Crippen LogP contribution in [0.5, 0.6) is 5.75 Å². The molecule has 2 aliphatic heterocycles. The number of carbonyl (C=O) groups is 1. The number of carbonyl (C=O) groups excluding carboxylic acids is 1. The minimum atomic E-state index is -0.0466. The first kappa shape index (κ1) is 23.0. The minimum Gasteiger partial charge on any atom is -0.496 e. The number of likely N-dealkylation sites (N-methyl/N-ethyl adjacent to an activating group) is 1. The van der Waals surface area contributed by atoms with Gasteiger partial charge in [0.05, 0.1) is 13.2 Å². The Bertz CT molecular complexity index is 910. The molecule has 2 atom stereocenters. The van der Waals surface area contributed by atoms with E-state index in [0.717, 1.165) is 51.2 Å². The van der Waals surface area contributed by atoms with Gasteiger partial charge in [-0.15, -0.1) is 0 Å². The molecule has 0 aliphatic carbocycles. The number of methoxy groups -OCH3 is 1. The van der Waals surface area contributed by atoms with Crippen molar-refractivity contribution in [3.05, 3.63) is 42.0 Å². The summed E-state index contributed by atoms with van der Waals surface area (Å²) < 4.78 is 5.67. The fraction of sp³-hybridized carbons (Fsp3) is 0.577. The predicted octanol–water partition coefficient (Wildman–Crippen LogP) is 3.00. The van der Waals surface area contributed by atoms with Crippen LogP contribution in [0.1, 0.15) is 38.2 Å². The zero-order valence-electron chi connectivity index (χ0n) is 19.8. The monoisotopic (exact) mass is 438 g/mol. The number of ether oxygens (including phenoxy) is 1.